The van der Waals surface area contributed by atoms with E-state index >= 15 is 0 Å². The van der Waals surface area contributed by atoms with Gasteiger partial charge >= 0.3 is 0 Å². The average Bonchev–Trinajstić information content (AvgIpc) is 3.43. The van der Waals surface area contributed by atoms with Crippen LogP contribution in [0.2, 0.25) is 0 Å². The standard InChI is InChI=1S/C20H31N3O3/c1-22(12-8-15-6-7-17(25-2)18(13-15)26-3)16-5-4-11-23(14-16)19(24)20(21)9-10-20/h6-7,13,16H,4-5,8-12,14,21H2,1-3H3. The topological polar surface area (TPSA) is 68.0 Å². The SMILES string of the molecule is COc1ccc(CCN(C)C2CCCN(C(=O)C3(N)CC3)C2)cc1OC. The van der Waals surface area contributed by atoms with E-state index in [9.17, 15) is 4.79 Å². The lowest BCUT2D eigenvalue weighted by atomic mass is 10.0. The molecule has 0 bridgehead atoms. The van der Waals surface area contributed by atoms with Gasteiger partial charge in [0.25, 0.3) is 0 Å². The number of carbonyl (C=O) groups excluding carboxylic acids is 1. The number of benzene rings is 1. The van der Waals surface area contributed by atoms with Crippen molar-refractivity contribution in [1.82, 2.24) is 9.80 Å². The Morgan fingerprint density at radius 2 is 2.04 bits per heavy atom. The van der Waals surface area contributed by atoms with Crippen molar-refractivity contribution in [3.8, 4) is 11.5 Å². The molecule has 6 nitrogen and oxygen atoms in total. The summed E-state index contributed by atoms with van der Waals surface area (Å²) in [4.78, 5) is 16.9. The third kappa shape index (κ3) is 4.13. The van der Waals surface area contributed by atoms with Crippen molar-refractivity contribution in [3.63, 3.8) is 0 Å². The van der Waals surface area contributed by atoms with Gasteiger partial charge in [0.05, 0.1) is 19.8 Å². The molecule has 1 saturated heterocycles. The number of hydrogen-bond acceptors (Lipinski definition) is 5. The minimum Gasteiger partial charge on any atom is -0.493 e. The highest BCUT2D eigenvalue weighted by Crippen LogP contribution is 2.35. The minimum atomic E-state index is -0.555. The number of likely N-dealkylation sites (N-methyl/N-ethyl adjacent to an activating group) is 1. The van der Waals surface area contributed by atoms with E-state index in [-0.39, 0.29) is 5.91 Å². The Bertz CT molecular complexity index is 645. The van der Waals surface area contributed by atoms with E-state index in [0.717, 1.165) is 63.2 Å². The van der Waals surface area contributed by atoms with Crippen LogP contribution >= 0.6 is 0 Å². The number of ether oxygens (including phenoxy) is 2. The van der Waals surface area contributed by atoms with Crippen LogP contribution in [-0.2, 0) is 11.2 Å². The molecule has 0 aromatic heterocycles. The molecule has 0 radical (unpaired) electrons. The Balaban J connectivity index is 1.54. The van der Waals surface area contributed by atoms with E-state index in [0.29, 0.717) is 6.04 Å². The number of amides is 1. The molecule has 2 N–H and O–H groups in total. The number of carbonyl (C=O) groups is 1. The predicted molar refractivity (Wildman–Crippen MR) is 102 cm³/mol. The first-order chi connectivity index (χ1) is 12.5. The maximum atomic E-state index is 12.5. The molecular weight excluding hydrogens is 330 g/mol. The third-order valence-corrected chi connectivity index (χ3v) is 5.72. The summed E-state index contributed by atoms with van der Waals surface area (Å²) >= 11 is 0. The summed E-state index contributed by atoms with van der Waals surface area (Å²) in [5.74, 6) is 1.66. The zero-order valence-electron chi connectivity index (χ0n) is 16.2. The van der Waals surface area contributed by atoms with E-state index in [2.05, 4.69) is 18.0 Å². The second-order valence-corrected chi connectivity index (χ2v) is 7.62. The van der Waals surface area contributed by atoms with Gasteiger partial charge < -0.3 is 25.0 Å². The maximum absolute atomic E-state index is 12.5. The summed E-state index contributed by atoms with van der Waals surface area (Å²) in [5, 5.41) is 0. The molecule has 0 spiro atoms. The first-order valence-electron chi connectivity index (χ1n) is 9.46. The van der Waals surface area contributed by atoms with Crippen molar-refractivity contribution in [2.45, 2.75) is 43.7 Å². The highest BCUT2D eigenvalue weighted by Gasteiger charge is 2.48. The Morgan fingerprint density at radius 1 is 1.31 bits per heavy atom. The molecule has 1 atom stereocenters. The molecular formula is C20H31N3O3. The van der Waals surface area contributed by atoms with Crippen LogP contribution in [0.5, 0.6) is 11.5 Å². The lowest BCUT2D eigenvalue weighted by molar-refractivity contribution is -0.135. The van der Waals surface area contributed by atoms with Crippen molar-refractivity contribution < 1.29 is 14.3 Å². The zero-order chi connectivity index (χ0) is 18.7. The number of piperidine rings is 1. The van der Waals surface area contributed by atoms with Crippen molar-refractivity contribution in [2.75, 3.05) is 40.9 Å². The highest BCUT2D eigenvalue weighted by atomic mass is 16.5. The van der Waals surface area contributed by atoms with Crippen LogP contribution in [-0.4, -0.2) is 68.2 Å². The van der Waals surface area contributed by atoms with E-state index < -0.39 is 5.54 Å². The Kier molecular flexibility index (Phi) is 5.73. The number of likely N-dealkylation sites (tertiary alicyclic amines) is 1. The molecule has 1 amide bonds. The quantitative estimate of drug-likeness (QED) is 0.800. The van der Waals surface area contributed by atoms with Crippen LogP contribution in [0, 0.1) is 0 Å². The van der Waals surface area contributed by atoms with E-state index in [1.165, 1.54) is 5.56 Å². The minimum absolute atomic E-state index is 0.149. The van der Waals surface area contributed by atoms with Crippen molar-refractivity contribution >= 4 is 5.91 Å². The fraction of sp³-hybridized carbons (Fsp3) is 0.650. The van der Waals surface area contributed by atoms with Gasteiger partial charge in [-0.25, -0.2) is 0 Å². The Labute approximate surface area is 156 Å². The average molecular weight is 361 g/mol. The molecule has 1 aliphatic carbocycles. The molecule has 3 rings (SSSR count). The van der Waals surface area contributed by atoms with Gasteiger partial charge in [-0.15, -0.1) is 0 Å². The fourth-order valence-corrected chi connectivity index (χ4v) is 3.69. The van der Waals surface area contributed by atoms with Gasteiger partial charge in [-0.05, 0) is 56.8 Å². The normalized spacial score (nSPS) is 21.6. The Hall–Kier alpha value is -1.79. The predicted octanol–water partition coefficient (Wildman–Crippen LogP) is 1.66. The molecule has 2 aliphatic rings. The largest absolute Gasteiger partial charge is 0.493 e. The van der Waals surface area contributed by atoms with Crippen LogP contribution in [0.25, 0.3) is 0 Å². The molecule has 1 unspecified atom stereocenters. The second-order valence-electron chi connectivity index (χ2n) is 7.62. The molecule has 144 valence electrons. The lowest BCUT2D eigenvalue weighted by Crippen LogP contribution is -2.54. The van der Waals surface area contributed by atoms with Crippen LogP contribution in [0.15, 0.2) is 18.2 Å². The summed E-state index contributed by atoms with van der Waals surface area (Å²) in [6.45, 7) is 2.58. The van der Waals surface area contributed by atoms with Crippen LogP contribution in [0.3, 0.4) is 0 Å². The van der Waals surface area contributed by atoms with Gasteiger partial charge in [-0.3, -0.25) is 4.79 Å². The van der Waals surface area contributed by atoms with E-state index in [1.807, 2.05) is 17.0 Å². The highest BCUT2D eigenvalue weighted by molar-refractivity contribution is 5.89. The lowest BCUT2D eigenvalue weighted by Gasteiger charge is -2.38. The van der Waals surface area contributed by atoms with Crippen LogP contribution in [0.1, 0.15) is 31.2 Å². The molecule has 26 heavy (non-hydrogen) atoms. The molecule has 1 aromatic rings. The molecule has 1 aliphatic heterocycles. The third-order valence-electron chi connectivity index (χ3n) is 5.72. The van der Waals surface area contributed by atoms with Crippen molar-refractivity contribution in [1.29, 1.82) is 0 Å². The van der Waals surface area contributed by atoms with Gasteiger partial charge in [0.1, 0.15) is 0 Å². The second kappa shape index (κ2) is 7.84. The summed E-state index contributed by atoms with van der Waals surface area (Å²) in [6, 6.07) is 6.47. The number of rotatable bonds is 7. The molecule has 2 fully saturated rings. The van der Waals surface area contributed by atoms with Crippen LogP contribution < -0.4 is 15.2 Å². The number of hydrogen-bond donors (Lipinski definition) is 1. The zero-order valence-corrected chi connectivity index (χ0v) is 16.2. The maximum Gasteiger partial charge on any atom is 0.242 e. The fourth-order valence-electron chi connectivity index (χ4n) is 3.69. The summed E-state index contributed by atoms with van der Waals surface area (Å²) in [5.41, 5.74) is 6.77. The summed E-state index contributed by atoms with van der Waals surface area (Å²) < 4.78 is 10.7. The van der Waals surface area contributed by atoms with E-state index in [4.69, 9.17) is 15.2 Å². The van der Waals surface area contributed by atoms with Gasteiger partial charge in [-0.2, -0.15) is 0 Å². The van der Waals surface area contributed by atoms with Gasteiger partial charge in [0, 0.05) is 25.7 Å². The summed E-state index contributed by atoms with van der Waals surface area (Å²) in [6.07, 6.45) is 4.78. The van der Waals surface area contributed by atoms with Crippen LogP contribution in [0.4, 0.5) is 0 Å². The van der Waals surface area contributed by atoms with Gasteiger partial charge in [-0.1, -0.05) is 6.07 Å². The van der Waals surface area contributed by atoms with E-state index in [1.54, 1.807) is 14.2 Å². The van der Waals surface area contributed by atoms with Crippen molar-refractivity contribution in [3.05, 3.63) is 23.8 Å². The summed E-state index contributed by atoms with van der Waals surface area (Å²) in [7, 11) is 5.45. The smallest absolute Gasteiger partial charge is 0.242 e. The monoisotopic (exact) mass is 361 g/mol. The first kappa shape index (κ1) is 19.0. The molecule has 1 saturated carbocycles. The Morgan fingerprint density at radius 3 is 2.69 bits per heavy atom. The van der Waals surface area contributed by atoms with Gasteiger partial charge in [0.2, 0.25) is 5.91 Å². The first-order valence-corrected chi connectivity index (χ1v) is 9.46. The number of nitrogens with two attached hydrogens (primary N) is 1. The molecule has 1 aromatic carbocycles. The number of nitrogens with zero attached hydrogens (tertiary/aromatic N) is 2. The molecule has 1 heterocycles. The van der Waals surface area contributed by atoms with Gasteiger partial charge in [0.15, 0.2) is 11.5 Å². The number of methoxy groups -OCH3 is 2. The van der Waals surface area contributed by atoms with Crippen molar-refractivity contribution in [2.24, 2.45) is 5.73 Å². The molecule has 6 heteroatoms.